The lowest BCUT2D eigenvalue weighted by Gasteiger charge is -2.24. The van der Waals surface area contributed by atoms with E-state index in [0.29, 0.717) is 23.9 Å². The normalized spacial score (nSPS) is 13.9. The molecule has 48 heavy (non-hydrogen) atoms. The summed E-state index contributed by atoms with van der Waals surface area (Å²) in [6.07, 6.45) is 29.7. The molecule has 0 saturated heterocycles. The van der Waals surface area contributed by atoms with E-state index < -0.39 is 26.5 Å². The van der Waals surface area contributed by atoms with Crippen LogP contribution in [-0.4, -0.2) is 74.9 Å². The van der Waals surface area contributed by atoms with E-state index in [1.807, 2.05) is 21.1 Å². The van der Waals surface area contributed by atoms with Crippen LogP contribution in [-0.2, 0) is 32.7 Å². The van der Waals surface area contributed by atoms with E-state index in [-0.39, 0.29) is 25.6 Å². The summed E-state index contributed by atoms with van der Waals surface area (Å²) in [5, 5.41) is 0. The van der Waals surface area contributed by atoms with Crippen LogP contribution in [0.25, 0.3) is 0 Å². The van der Waals surface area contributed by atoms with Crippen LogP contribution in [0.15, 0.2) is 12.2 Å². The van der Waals surface area contributed by atoms with Crippen molar-refractivity contribution in [1.29, 1.82) is 0 Å². The highest BCUT2D eigenvalue weighted by atomic mass is 31.2. The van der Waals surface area contributed by atoms with Gasteiger partial charge in [0.1, 0.15) is 19.8 Å². The number of hydrogen-bond acceptors (Lipinski definition) is 7. The minimum atomic E-state index is -4.36. The number of esters is 2. The first-order valence-corrected chi connectivity index (χ1v) is 20.9. The molecule has 0 rings (SSSR count). The third-order valence-electron chi connectivity index (χ3n) is 8.30. The van der Waals surface area contributed by atoms with Gasteiger partial charge >= 0.3 is 19.8 Å². The van der Waals surface area contributed by atoms with Gasteiger partial charge in [0.15, 0.2) is 6.10 Å². The monoisotopic (exact) mass is 705 g/mol. The molecule has 0 aliphatic carbocycles. The third-order valence-corrected chi connectivity index (χ3v) is 9.28. The molecule has 0 aliphatic rings. The van der Waals surface area contributed by atoms with Crippen molar-refractivity contribution >= 4 is 19.8 Å². The molecule has 0 aliphatic heterocycles. The summed E-state index contributed by atoms with van der Waals surface area (Å²) in [5.74, 6) is -0.806. The fourth-order valence-electron chi connectivity index (χ4n) is 5.17. The van der Waals surface area contributed by atoms with Gasteiger partial charge in [-0.1, -0.05) is 135 Å². The van der Waals surface area contributed by atoms with E-state index >= 15 is 0 Å². The molecule has 1 unspecified atom stereocenters. The largest absolute Gasteiger partial charge is 0.472 e. The SMILES string of the molecule is CCCC/C=C/CCCCCCCC(=O)O[C@H](COC(=O)CCCCCCCCCCCCCCC)COP(=O)(O)OCC[N+](C)(C)C. The van der Waals surface area contributed by atoms with Gasteiger partial charge in [-0.05, 0) is 32.1 Å². The summed E-state index contributed by atoms with van der Waals surface area (Å²) >= 11 is 0. The van der Waals surface area contributed by atoms with Crippen LogP contribution in [0.1, 0.15) is 168 Å². The van der Waals surface area contributed by atoms with Crippen molar-refractivity contribution in [2.45, 2.75) is 174 Å². The predicted molar refractivity (Wildman–Crippen MR) is 197 cm³/mol. The number of rotatable bonds is 35. The molecule has 2 atom stereocenters. The average Bonchev–Trinajstić information content (AvgIpc) is 3.02. The second kappa shape index (κ2) is 31.7. The molecule has 0 amide bonds. The van der Waals surface area contributed by atoms with E-state index in [1.165, 1.54) is 77.0 Å². The van der Waals surface area contributed by atoms with Gasteiger partial charge in [0.25, 0.3) is 0 Å². The topological polar surface area (TPSA) is 108 Å². The summed E-state index contributed by atoms with van der Waals surface area (Å²) in [6.45, 7) is 4.37. The fourth-order valence-corrected chi connectivity index (χ4v) is 5.91. The maximum atomic E-state index is 12.6. The Hall–Kier alpha value is -1.25. The Morgan fingerprint density at radius 1 is 0.625 bits per heavy atom. The molecular weight excluding hydrogens is 629 g/mol. The van der Waals surface area contributed by atoms with Crippen molar-refractivity contribution < 1.29 is 42.1 Å². The van der Waals surface area contributed by atoms with Crippen molar-refractivity contribution in [3.8, 4) is 0 Å². The van der Waals surface area contributed by atoms with Crippen LogP contribution >= 0.6 is 7.82 Å². The van der Waals surface area contributed by atoms with E-state index in [1.54, 1.807) is 0 Å². The van der Waals surface area contributed by atoms with Crippen LogP contribution < -0.4 is 0 Å². The lowest BCUT2D eigenvalue weighted by molar-refractivity contribution is -0.870. The number of unbranched alkanes of at least 4 members (excludes halogenated alkanes) is 19. The lowest BCUT2D eigenvalue weighted by atomic mass is 10.0. The maximum Gasteiger partial charge on any atom is 0.472 e. The van der Waals surface area contributed by atoms with E-state index in [4.69, 9.17) is 18.5 Å². The number of likely N-dealkylation sites (N-methyl/N-ethyl adjacent to an activating group) is 1. The van der Waals surface area contributed by atoms with Gasteiger partial charge in [-0.2, -0.15) is 0 Å². The van der Waals surface area contributed by atoms with Crippen LogP contribution in [0.3, 0.4) is 0 Å². The van der Waals surface area contributed by atoms with Gasteiger partial charge in [0, 0.05) is 12.8 Å². The zero-order valence-electron chi connectivity index (χ0n) is 31.7. The molecule has 0 heterocycles. The molecule has 1 N–H and O–H groups in total. The number of carbonyl (C=O) groups excluding carboxylic acids is 2. The molecule has 9 nitrogen and oxygen atoms in total. The standard InChI is InChI=1S/C38H74NO8P/c1-6-8-10-12-14-16-18-19-21-22-24-26-28-30-37(40)44-34-36(35-46-48(42,43)45-33-32-39(3,4)5)47-38(41)31-29-27-25-23-20-17-15-13-11-9-7-2/h13,15,36H,6-12,14,16-35H2,1-5H3/p+1/b15-13+/t36-/m1/s1. The summed E-state index contributed by atoms with van der Waals surface area (Å²) in [5.41, 5.74) is 0. The van der Waals surface area contributed by atoms with Crippen molar-refractivity contribution in [3.63, 3.8) is 0 Å². The molecule has 0 aromatic rings. The maximum absolute atomic E-state index is 12.6. The summed E-state index contributed by atoms with van der Waals surface area (Å²) in [4.78, 5) is 35.1. The molecule has 284 valence electrons. The van der Waals surface area contributed by atoms with Crippen molar-refractivity contribution in [2.75, 3.05) is 47.5 Å². The van der Waals surface area contributed by atoms with Crippen LogP contribution in [0.5, 0.6) is 0 Å². The first-order valence-electron chi connectivity index (χ1n) is 19.4. The minimum Gasteiger partial charge on any atom is -0.462 e. The number of phosphoric ester groups is 1. The van der Waals surface area contributed by atoms with Gasteiger partial charge in [0.2, 0.25) is 0 Å². The van der Waals surface area contributed by atoms with Crippen molar-refractivity contribution in [3.05, 3.63) is 12.2 Å². The highest BCUT2D eigenvalue weighted by Gasteiger charge is 2.27. The zero-order valence-corrected chi connectivity index (χ0v) is 32.6. The number of ether oxygens (including phenoxy) is 2. The Morgan fingerprint density at radius 2 is 1.08 bits per heavy atom. The van der Waals surface area contributed by atoms with Gasteiger partial charge in [-0.3, -0.25) is 18.6 Å². The molecule has 0 saturated carbocycles. The minimum absolute atomic E-state index is 0.0327. The second-order valence-corrected chi connectivity index (χ2v) is 15.8. The first-order chi connectivity index (χ1) is 23.0. The van der Waals surface area contributed by atoms with Crippen molar-refractivity contribution in [1.82, 2.24) is 0 Å². The molecule has 10 heteroatoms. The van der Waals surface area contributed by atoms with Crippen LogP contribution in [0.4, 0.5) is 0 Å². The number of allylic oxidation sites excluding steroid dienone is 2. The van der Waals surface area contributed by atoms with Crippen LogP contribution in [0, 0.1) is 0 Å². The van der Waals surface area contributed by atoms with Gasteiger partial charge in [0.05, 0.1) is 27.7 Å². The number of nitrogens with zero attached hydrogens (tertiary/aromatic N) is 1. The van der Waals surface area contributed by atoms with E-state index in [2.05, 4.69) is 26.0 Å². The Kier molecular flexibility index (Phi) is 30.9. The number of hydrogen-bond donors (Lipinski definition) is 1. The van der Waals surface area contributed by atoms with Gasteiger partial charge < -0.3 is 18.9 Å². The first kappa shape index (κ1) is 46.8. The van der Waals surface area contributed by atoms with Crippen LogP contribution in [0.2, 0.25) is 0 Å². The van der Waals surface area contributed by atoms with E-state index in [9.17, 15) is 19.0 Å². The molecule has 0 spiro atoms. The van der Waals surface area contributed by atoms with Gasteiger partial charge in [-0.15, -0.1) is 0 Å². The van der Waals surface area contributed by atoms with Gasteiger partial charge in [-0.25, -0.2) is 4.57 Å². The molecule has 0 radical (unpaired) electrons. The Bertz CT molecular complexity index is 845. The smallest absolute Gasteiger partial charge is 0.462 e. The van der Waals surface area contributed by atoms with Crippen molar-refractivity contribution in [2.24, 2.45) is 0 Å². The lowest BCUT2D eigenvalue weighted by Crippen LogP contribution is -2.37. The molecular formula is C38H75NO8P+. The average molecular weight is 705 g/mol. The van der Waals surface area contributed by atoms with E-state index in [0.717, 1.165) is 57.8 Å². The Labute approximate surface area is 295 Å². The molecule has 0 aromatic heterocycles. The predicted octanol–water partition coefficient (Wildman–Crippen LogP) is 10.2. The zero-order chi connectivity index (χ0) is 35.8. The second-order valence-electron chi connectivity index (χ2n) is 14.3. The Morgan fingerprint density at radius 3 is 1.60 bits per heavy atom. The summed E-state index contributed by atoms with van der Waals surface area (Å²) in [6, 6.07) is 0. The highest BCUT2D eigenvalue weighted by molar-refractivity contribution is 7.47. The highest BCUT2D eigenvalue weighted by Crippen LogP contribution is 2.43. The number of quaternary nitrogens is 1. The number of carbonyl (C=O) groups is 2. The fraction of sp³-hybridized carbons (Fsp3) is 0.895. The third kappa shape index (κ3) is 34.6. The molecule has 0 fully saturated rings. The quantitative estimate of drug-likeness (QED) is 0.0228. The summed E-state index contributed by atoms with van der Waals surface area (Å²) in [7, 11) is 1.48. The molecule has 0 aromatic carbocycles. The Balaban J connectivity index is 4.42. The summed E-state index contributed by atoms with van der Waals surface area (Å²) < 4.78 is 34.1. The molecule has 0 bridgehead atoms. The number of phosphoric acid groups is 1.